The van der Waals surface area contributed by atoms with E-state index in [4.69, 9.17) is 8.83 Å². The molecule has 3 nitrogen and oxygen atoms in total. The van der Waals surface area contributed by atoms with Crippen molar-refractivity contribution in [1.29, 1.82) is 0 Å². The minimum absolute atomic E-state index is 0.274. The molecule has 0 bridgehead atoms. The molecular weight excluding hydrogens is 550 g/mol. The van der Waals surface area contributed by atoms with Gasteiger partial charge < -0.3 is 14.2 Å². The van der Waals surface area contributed by atoms with Crippen LogP contribution in [-0.2, 0) is 6.42 Å². The van der Waals surface area contributed by atoms with Crippen molar-refractivity contribution in [3.05, 3.63) is 148 Å². The maximum absolute atomic E-state index is 6.51. The van der Waals surface area contributed by atoms with E-state index in [0.29, 0.717) is 5.92 Å². The Morgan fingerprint density at radius 1 is 0.778 bits per heavy atom. The molecule has 0 amide bonds. The number of allylic oxidation sites excluding steroid dienone is 9. The van der Waals surface area contributed by atoms with Crippen molar-refractivity contribution in [1.82, 2.24) is 0 Å². The van der Waals surface area contributed by atoms with Crippen molar-refractivity contribution in [2.24, 2.45) is 5.92 Å². The molecule has 5 aromatic rings. The highest BCUT2D eigenvalue weighted by Gasteiger charge is 2.23. The van der Waals surface area contributed by atoms with Gasteiger partial charge in [0.15, 0.2) is 0 Å². The van der Waals surface area contributed by atoms with E-state index in [2.05, 4.69) is 121 Å². The lowest BCUT2D eigenvalue weighted by molar-refractivity contribution is 0.532. The first-order valence-electron chi connectivity index (χ1n) is 16.3. The first-order valence-corrected chi connectivity index (χ1v) is 16.3. The minimum Gasteiger partial charge on any atom is -0.460 e. The lowest BCUT2D eigenvalue weighted by Crippen LogP contribution is -2.29. The van der Waals surface area contributed by atoms with E-state index in [1.165, 1.54) is 49.5 Å². The van der Waals surface area contributed by atoms with Gasteiger partial charge in [0.2, 0.25) is 0 Å². The van der Waals surface area contributed by atoms with Crippen LogP contribution in [0.1, 0.15) is 60.5 Å². The lowest BCUT2D eigenvalue weighted by atomic mass is 9.84. The van der Waals surface area contributed by atoms with E-state index in [-0.39, 0.29) is 5.92 Å². The maximum Gasteiger partial charge on any atom is 0.136 e. The molecule has 3 aromatic carbocycles. The van der Waals surface area contributed by atoms with Gasteiger partial charge in [-0.1, -0.05) is 91.1 Å². The summed E-state index contributed by atoms with van der Waals surface area (Å²) >= 11 is 0. The van der Waals surface area contributed by atoms with Crippen molar-refractivity contribution in [2.45, 2.75) is 44.4 Å². The predicted octanol–water partition coefficient (Wildman–Crippen LogP) is 9.56. The van der Waals surface area contributed by atoms with Gasteiger partial charge >= 0.3 is 0 Å². The van der Waals surface area contributed by atoms with E-state index < -0.39 is 0 Å². The van der Waals surface area contributed by atoms with Gasteiger partial charge in [-0.05, 0) is 84.7 Å². The Labute approximate surface area is 262 Å². The molecule has 220 valence electrons. The lowest BCUT2D eigenvalue weighted by Gasteiger charge is -2.21. The molecular formula is C42H35NO2. The van der Waals surface area contributed by atoms with Crippen LogP contribution < -0.4 is 16.0 Å². The number of anilines is 1. The first-order chi connectivity index (χ1) is 22.3. The summed E-state index contributed by atoms with van der Waals surface area (Å²) in [5.74, 6) is 1.81. The maximum atomic E-state index is 6.51. The second-order valence-electron chi connectivity index (χ2n) is 12.7. The molecule has 0 fully saturated rings. The van der Waals surface area contributed by atoms with E-state index >= 15 is 0 Å². The summed E-state index contributed by atoms with van der Waals surface area (Å²) in [6.07, 6.45) is 26.6. The van der Waals surface area contributed by atoms with Crippen LogP contribution in [0.3, 0.4) is 0 Å². The molecule has 2 heterocycles. The summed E-state index contributed by atoms with van der Waals surface area (Å²) in [6.45, 7) is 0. The molecule has 0 saturated carbocycles. The second-order valence-corrected chi connectivity index (χ2v) is 12.7. The number of hydrogen-bond donors (Lipinski definition) is 1. The number of rotatable bonds is 5. The van der Waals surface area contributed by atoms with Gasteiger partial charge in [-0.25, -0.2) is 0 Å². The Morgan fingerprint density at radius 3 is 2.64 bits per heavy atom. The topological polar surface area (TPSA) is 38.3 Å². The molecule has 0 saturated heterocycles. The molecule has 1 N–H and O–H groups in total. The standard InChI is InChI=1S/C42H35NO2/c1-2-10-27(11-3-1)28-12-6-14-31(24-28)33-17-8-20-38-41(33)42-36(18-9-21-39(42)45-38)43-32-15-7-13-29(25-32)30-22-23-35-34-16-4-5-19-37(34)44-40(35)26-30/h1-5,7-8,10,12-13,15-17,19-25,27,30,43H,6,9,11,14,18,26H2. The van der Waals surface area contributed by atoms with Crippen molar-refractivity contribution in [2.75, 3.05) is 5.32 Å². The predicted molar refractivity (Wildman–Crippen MR) is 186 cm³/mol. The molecule has 0 aliphatic heterocycles. The van der Waals surface area contributed by atoms with Gasteiger partial charge in [0, 0.05) is 51.2 Å². The van der Waals surface area contributed by atoms with Crippen LogP contribution in [0.25, 0.3) is 45.4 Å². The van der Waals surface area contributed by atoms with Crippen LogP contribution in [-0.4, -0.2) is 0 Å². The van der Waals surface area contributed by atoms with Crippen molar-refractivity contribution in [3.8, 4) is 0 Å². The van der Waals surface area contributed by atoms with E-state index in [1.807, 2.05) is 6.07 Å². The van der Waals surface area contributed by atoms with Gasteiger partial charge in [-0.3, -0.25) is 0 Å². The number of furan rings is 2. The monoisotopic (exact) mass is 585 g/mol. The van der Waals surface area contributed by atoms with E-state index in [0.717, 1.165) is 66.6 Å². The Kier molecular flexibility index (Phi) is 6.36. The zero-order chi connectivity index (χ0) is 29.7. The normalized spacial score (nSPS) is 20.5. The van der Waals surface area contributed by atoms with Gasteiger partial charge in [0.05, 0.1) is 0 Å². The van der Waals surface area contributed by atoms with Crippen LogP contribution in [0.4, 0.5) is 5.69 Å². The summed E-state index contributed by atoms with van der Waals surface area (Å²) in [7, 11) is 0. The van der Waals surface area contributed by atoms with Gasteiger partial charge in [-0.15, -0.1) is 0 Å². The quantitative estimate of drug-likeness (QED) is 0.223. The van der Waals surface area contributed by atoms with Crippen molar-refractivity contribution < 1.29 is 8.83 Å². The fourth-order valence-corrected chi connectivity index (χ4v) is 7.68. The highest BCUT2D eigenvalue weighted by molar-refractivity contribution is 5.94. The van der Waals surface area contributed by atoms with Gasteiger partial charge in [0.25, 0.3) is 0 Å². The summed E-state index contributed by atoms with van der Waals surface area (Å²) in [5.41, 5.74) is 11.9. The Bertz CT molecular complexity index is 2260. The Balaban J connectivity index is 1.08. The molecule has 4 aliphatic rings. The summed E-state index contributed by atoms with van der Waals surface area (Å²) in [4.78, 5) is 0. The molecule has 4 aliphatic carbocycles. The van der Waals surface area contributed by atoms with Crippen molar-refractivity contribution >= 4 is 51.0 Å². The van der Waals surface area contributed by atoms with Crippen LogP contribution in [0.5, 0.6) is 0 Å². The fraction of sp³-hybridized carbons (Fsp3) is 0.190. The average molecular weight is 586 g/mol. The molecule has 45 heavy (non-hydrogen) atoms. The Morgan fingerprint density at radius 2 is 1.69 bits per heavy atom. The molecule has 0 spiro atoms. The highest BCUT2D eigenvalue weighted by Crippen LogP contribution is 2.38. The fourth-order valence-electron chi connectivity index (χ4n) is 7.68. The molecule has 3 heteroatoms. The zero-order valence-electron chi connectivity index (χ0n) is 25.3. The Hall–Kier alpha value is -5.02. The molecule has 2 unspecified atom stereocenters. The second kappa shape index (κ2) is 10.9. The first kappa shape index (κ1) is 26.4. The van der Waals surface area contributed by atoms with E-state index in [9.17, 15) is 0 Å². The van der Waals surface area contributed by atoms with E-state index in [1.54, 1.807) is 0 Å². The van der Waals surface area contributed by atoms with Gasteiger partial charge in [0.1, 0.15) is 22.3 Å². The molecule has 2 aromatic heterocycles. The SMILES string of the molecule is C1=CCC(C2=CCCC(c3cccc4oc5c(c34)=C(Nc3cccc(C4C=Cc6c(oc7ccccc67)C4)c3)CCC=5)=C2)C=C1. The zero-order valence-corrected chi connectivity index (χ0v) is 25.3. The van der Waals surface area contributed by atoms with Crippen LogP contribution >= 0.6 is 0 Å². The minimum atomic E-state index is 0.274. The summed E-state index contributed by atoms with van der Waals surface area (Å²) < 4.78 is 12.8. The van der Waals surface area contributed by atoms with Gasteiger partial charge in [-0.2, -0.15) is 0 Å². The average Bonchev–Trinajstić information content (AvgIpc) is 3.67. The largest absolute Gasteiger partial charge is 0.460 e. The molecule has 9 rings (SSSR count). The number of hydrogen-bond acceptors (Lipinski definition) is 3. The number of benzene rings is 3. The number of nitrogens with one attached hydrogen (secondary N) is 1. The smallest absolute Gasteiger partial charge is 0.136 e. The van der Waals surface area contributed by atoms with Crippen LogP contribution in [0.2, 0.25) is 0 Å². The summed E-state index contributed by atoms with van der Waals surface area (Å²) in [6, 6.07) is 23.8. The van der Waals surface area contributed by atoms with Crippen LogP contribution in [0, 0.1) is 5.92 Å². The molecule has 2 atom stereocenters. The number of fused-ring (bicyclic) bond motifs is 6. The van der Waals surface area contributed by atoms with Crippen molar-refractivity contribution in [3.63, 3.8) is 0 Å². The number of para-hydroxylation sites is 1. The van der Waals surface area contributed by atoms with Crippen LogP contribution in [0.15, 0.2) is 124 Å². The summed E-state index contributed by atoms with van der Waals surface area (Å²) in [5, 5.41) is 7.53. The third kappa shape index (κ3) is 4.66. The third-order valence-corrected chi connectivity index (χ3v) is 9.88. The molecule has 0 radical (unpaired) electrons. The third-order valence-electron chi connectivity index (χ3n) is 9.88. The highest BCUT2D eigenvalue weighted by atomic mass is 16.3.